The molecule has 3 rings (SSSR count). The molecule has 0 aliphatic carbocycles. The Balaban J connectivity index is 1.46. The molecule has 0 saturated carbocycles. The van der Waals surface area contributed by atoms with Gasteiger partial charge in [-0.1, -0.05) is 45.0 Å². The Morgan fingerprint density at radius 2 is 1.72 bits per heavy atom. The largest absolute Gasteiger partial charge is 0.490 e. The van der Waals surface area contributed by atoms with Gasteiger partial charge in [0.05, 0.1) is 4.90 Å². The lowest BCUT2D eigenvalue weighted by atomic mass is 9.87. The van der Waals surface area contributed by atoms with Gasteiger partial charge in [0.25, 0.3) is 10.0 Å². The first kappa shape index (κ1) is 20.9. The average molecular weight is 416 g/mol. The summed E-state index contributed by atoms with van der Waals surface area (Å²) >= 11 is 0. The number of hydrogen-bond donors (Lipinski definition) is 1. The summed E-state index contributed by atoms with van der Waals surface area (Å²) in [6.07, 6.45) is 0. The van der Waals surface area contributed by atoms with Gasteiger partial charge in [0, 0.05) is 5.56 Å². The van der Waals surface area contributed by atoms with Crippen LogP contribution in [-0.2, 0) is 25.0 Å². The van der Waals surface area contributed by atoms with Crippen molar-refractivity contribution in [1.29, 1.82) is 0 Å². The molecule has 0 saturated heterocycles. The highest BCUT2D eigenvalue weighted by molar-refractivity contribution is 7.90. The third-order valence-corrected chi connectivity index (χ3v) is 5.76. The summed E-state index contributed by atoms with van der Waals surface area (Å²) in [5.74, 6) is 0.284. The third-order valence-electron chi connectivity index (χ3n) is 4.36. The summed E-state index contributed by atoms with van der Waals surface area (Å²) in [5, 5.41) is 0. The minimum absolute atomic E-state index is 0.0730. The van der Waals surface area contributed by atoms with Gasteiger partial charge in [-0.2, -0.15) is 0 Å². The molecule has 1 N–H and O–H groups in total. The van der Waals surface area contributed by atoms with Gasteiger partial charge in [0.1, 0.15) is 31.3 Å². The number of esters is 1. The summed E-state index contributed by atoms with van der Waals surface area (Å²) in [5.41, 5.74) is 1.73. The fourth-order valence-electron chi connectivity index (χ4n) is 2.81. The first-order valence-corrected chi connectivity index (χ1v) is 10.7. The number of carbonyl (C=O) groups excluding carboxylic acids is 1. The molecule has 7 nitrogen and oxygen atoms in total. The molecule has 0 amide bonds. The van der Waals surface area contributed by atoms with E-state index < -0.39 is 16.0 Å². The summed E-state index contributed by atoms with van der Waals surface area (Å²) in [6, 6.07) is 14.3. The highest BCUT2D eigenvalue weighted by atomic mass is 32.2. The van der Waals surface area contributed by atoms with E-state index in [1.54, 1.807) is 18.2 Å². The lowest BCUT2D eigenvalue weighted by molar-refractivity contribution is -0.142. The molecule has 0 atom stereocenters. The fourth-order valence-corrected chi connectivity index (χ4v) is 4.06. The summed E-state index contributed by atoms with van der Waals surface area (Å²) < 4.78 is 37.0. The molecule has 8 heteroatoms. The van der Waals surface area contributed by atoms with Gasteiger partial charge >= 0.3 is 5.97 Å². The highest BCUT2D eigenvalue weighted by Gasteiger charge is 2.30. The van der Waals surface area contributed by atoms with Gasteiger partial charge in [-0.3, -0.25) is 14.5 Å². The maximum Gasteiger partial charge on any atom is 0.327 e. The molecule has 29 heavy (non-hydrogen) atoms. The summed E-state index contributed by atoms with van der Waals surface area (Å²) in [6.45, 7) is 6.43. The second-order valence-corrected chi connectivity index (χ2v) is 9.26. The Kier molecular flexibility index (Phi) is 5.93. The number of hydrogen-bond acceptors (Lipinski definition) is 6. The van der Waals surface area contributed by atoms with E-state index >= 15 is 0 Å². The van der Waals surface area contributed by atoms with Crippen molar-refractivity contribution in [3.05, 3.63) is 59.7 Å². The number of nitrogens with zero attached hydrogens (tertiary/aromatic N) is 1. The van der Waals surface area contributed by atoms with E-state index in [2.05, 4.69) is 30.5 Å². The van der Waals surface area contributed by atoms with E-state index in [0.29, 0.717) is 11.3 Å². The Morgan fingerprint density at radius 3 is 2.41 bits per heavy atom. The monoisotopic (exact) mass is 416 g/mol. The smallest absolute Gasteiger partial charge is 0.327 e. The summed E-state index contributed by atoms with van der Waals surface area (Å²) in [4.78, 5) is 16.1. The standard InChI is InChI=1S/C21H24N2O5S/c1-21(2,3)15-8-10-16(11-9-15)27-12-13-28-19(24)14-22-20-17-6-4-5-7-18(17)29(25,26)23-20/h4-11H,12-14H2,1-3H3,(H,22,23). The molecule has 2 aromatic carbocycles. The van der Waals surface area contributed by atoms with Gasteiger partial charge < -0.3 is 9.47 Å². The zero-order chi connectivity index (χ0) is 21.1. The van der Waals surface area contributed by atoms with Crippen molar-refractivity contribution < 1.29 is 22.7 Å². The van der Waals surface area contributed by atoms with Crippen molar-refractivity contribution in [3.63, 3.8) is 0 Å². The van der Waals surface area contributed by atoms with Crippen molar-refractivity contribution in [3.8, 4) is 5.75 Å². The second-order valence-electron chi connectivity index (χ2n) is 7.61. The van der Waals surface area contributed by atoms with Crippen LogP contribution in [0.2, 0.25) is 0 Å². The molecule has 0 unspecified atom stereocenters. The Morgan fingerprint density at radius 1 is 1.03 bits per heavy atom. The van der Waals surface area contributed by atoms with Crippen molar-refractivity contribution >= 4 is 21.8 Å². The highest BCUT2D eigenvalue weighted by Crippen LogP contribution is 2.24. The van der Waals surface area contributed by atoms with Crippen LogP contribution in [0.15, 0.2) is 58.4 Å². The van der Waals surface area contributed by atoms with Crippen LogP contribution in [0.5, 0.6) is 5.75 Å². The number of nitrogens with one attached hydrogen (secondary N) is 1. The molecular weight excluding hydrogens is 392 g/mol. The molecule has 0 bridgehead atoms. The molecule has 2 aromatic rings. The normalized spacial score (nSPS) is 16.2. The molecule has 0 spiro atoms. The van der Waals surface area contributed by atoms with Gasteiger partial charge in [-0.05, 0) is 35.2 Å². The van der Waals surface area contributed by atoms with Crippen molar-refractivity contribution in [2.45, 2.75) is 31.1 Å². The Hall–Kier alpha value is -2.87. The van der Waals surface area contributed by atoms with Gasteiger partial charge in [-0.25, -0.2) is 8.42 Å². The zero-order valence-electron chi connectivity index (χ0n) is 16.6. The number of benzene rings is 2. The van der Waals surface area contributed by atoms with E-state index in [1.807, 2.05) is 24.3 Å². The van der Waals surface area contributed by atoms with Crippen LogP contribution in [0, 0.1) is 0 Å². The number of rotatable bonds is 6. The van der Waals surface area contributed by atoms with Gasteiger partial charge in [0.2, 0.25) is 0 Å². The van der Waals surface area contributed by atoms with E-state index in [-0.39, 0.29) is 35.9 Å². The fraction of sp³-hybridized carbons (Fsp3) is 0.333. The van der Waals surface area contributed by atoms with E-state index in [9.17, 15) is 13.2 Å². The summed E-state index contributed by atoms with van der Waals surface area (Å²) in [7, 11) is -3.62. The number of ether oxygens (including phenoxy) is 2. The third kappa shape index (κ3) is 5.14. The lowest BCUT2D eigenvalue weighted by Crippen LogP contribution is -2.23. The predicted octanol–water partition coefficient (Wildman–Crippen LogP) is 2.64. The lowest BCUT2D eigenvalue weighted by Gasteiger charge is -2.19. The minimum atomic E-state index is -3.62. The number of aliphatic imine (C=N–C) groups is 1. The minimum Gasteiger partial charge on any atom is -0.490 e. The molecule has 0 aromatic heterocycles. The molecule has 1 heterocycles. The molecule has 1 aliphatic heterocycles. The van der Waals surface area contributed by atoms with Crippen LogP contribution >= 0.6 is 0 Å². The van der Waals surface area contributed by atoms with Crippen LogP contribution in [0.1, 0.15) is 31.9 Å². The zero-order valence-corrected chi connectivity index (χ0v) is 17.5. The number of amidine groups is 1. The van der Waals surface area contributed by atoms with Gasteiger partial charge in [-0.15, -0.1) is 0 Å². The van der Waals surface area contributed by atoms with E-state index in [0.717, 1.165) is 0 Å². The maximum absolute atomic E-state index is 12.0. The van der Waals surface area contributed by atoms with E-state index in [4.69, 9.17) is 9.47 Å². The molecular formula is C21H24N2O5S. The van der Waals surface area contributed by atoms with Crippen LogP contribution in [-0.4, -0.2) is 40.0 Å². The van der Waals surface area contributed by atoms with Crippen molar-refractivity contribution in [2.24, 2.45) is 4.99 Å². The second kappa shape index (κ2) is 8.24. The van der Waals surface area contributed by atoms with Crippen LogP contribution < -0.4 is 9.46 Å². The van der Waals surface area contributed by atoms with Crippen LogP contribution in [0.4, 0.5) is 0 Å². The molecule has 0 radical (unpaired) electrons. The van der Waals surface area contributed by atoms with Crippen LogP contribution in [0.3, 0.4) is 0 Å². The Labute approximate surface area is 170 Å². The SMILES string of the molecule is CC(C)(C)c1ccc(OCCOC(=O)CN=C2NS(=O)(=O)c3ccccc32)cc1. The topological polar surface area (TPSA) is 94.1 Å². The first-order chi connectivity index (χ1) is 13.7. The number of carbonyl (C=O) groups is 1. The van der Waals surface area contributed by atoms with Crippen molar-refractivity contribution in [1.82, 2.24) is 4.72 Å². The number of fused-ring (bicyclic) bond motifs is 1. The quantitative estimate of drug-likeness (QED) is 0.577. The predicted molar refractivity (Wildman–Crippen MR) is 110 cm³/mol. The van der Waals surface area contributed by atoms with Crippen molar-refractivity contribution in [2.75, 3.05) is 19.8 Å². The molecule has 0 fully saturated rings. The molecule has 154 valence electrons. The Bertz CT molecular complexity index is 1020. The maximum atomic E-state index is 12.0. The van der Waals surface area contributed by atoms with E-state index in [1.165, 1.54) is 11.6 Å². The average Bonchev–Trinajstić information content (AvgIpc) is 2.94. The molecule has 1 aliphatic rings. The number of sulfonamides is 1. The van der Waals surface area contributed by atoms with Gasteiger partial charge in [0.15, 0.2) is 0 Å². The first-order valence-electron chi connectivity index (χ1n) is 9.22. The van der Waals surface area contributed by atoms with Crippen LogP contribution in [0.25, 0.3) is 0 Å².